The van der Waals surface area contributed by atoms with Gasteiger partial charge in [0.25, 0.3) is 0 Å². The molecular formula is C21H34N2O7S. The van der Waals surface area contributed by atoms with Crippen molar-refractivity contribution in [2.24, 2.45) is 0 Å². The van der Waals surface area contributed by atoms with Gasteiger partial charge >= 0.3 is 12.1 Å². The van der Waals surface area contributed by atoms with E-state index in [2.05, 4.69) is 10.0 Å². The number of benzene rings is 1. The molecule has 31 heavy (non-hydrogen) atoms. The molecule has 1 amide bonds. The van der Waals surface area contributed by atoms with Crippen molar-refractivity contribution in [3.8, 4) is 5.75 Å². The average molecular weight is 459 g/mol. The minimum absolute atomic E-state index is 0.0417. The lowest BCUT2D eigenvalue weighted by atomic mass is 10.1. The predicted molar refractivity (Wildman–Crippen MR) is 118 cm³/mol. The van der Waals surface area contributed by atoms with Gasteiger partial charge in [-0.1, -0.05) is 25.0 Å². The van der Waals surface area contributed by atoms with Crippen LogP contribution in [0.5, 0.6) is 5.75 Å². The third-order valence-corrected chi connectivity index (χ3v) is 4.74. The highest BCUT2D eigenvalue weighted by atomic mass is 32.2. The lowest BCUT2D eigenvalue weighted by Gasteiger charge is -2.19. The Labute approximate surface area is 184 Å². The number of carboxylic acid groups (broad SMARTS) is 1. The summed E-state index contributed by atoms with van der Waals surface area (Å²) in [5.41, 5.74) is 0.193. The van der Waals surface area contributed by atoms with Crippen molar-refractivity contribution in [1.29, 1.82) is 0 Å². The van der Waals surface area contributed by atoms with E-state index < -0.39 is 33.7 Å². The highest BCUT2D eigenvalue weighted by Gasteiger charge is 2.21. The van der Waals surface area contributed by atoms with Crippen molar-refractivity contribution in [3.63, 3.8) is 0 Å². The third kappa shape index (κ3) is 13.6. The summed E-state index contributed by atoms with van der Waals surface area (Å²) >= 11 is 0. The predicted octanol–water partition coefficient (Wildman–Crippen LogP) is 2.70. The molecule has 1 atom stereocenters. The quantitative estimate of drug-likeness (QED) is 0.387. The molecule has 0 heterocycles. The highest BCUT2D eigenvalue weighted by Crippen LogP contribution is 2.15. The van der Waals surface area contributed by atoms with Gasteiger partial charge in [-0.25, -0.2) is 17.9 Å². The zero-order chi connectivity index (χ0) is 23.5. The van der Waals surface area contributed by atoms with Crippen LogP contribution in [-0.4, -0.2) is 56.6 Å². The molecule has 0 aliphatic carbocycles. The third-order valence-electron chi connectivity index (χ3n) is 4.03. The van der Waals surface area contributed by atoms with Gasteiger partial charge in [0.2, 0.25) is 10.0 Å². The maximum absolute atomic E-state index is 11.5. The first-order valence-electron chi connectivity index (χ1n) is 10.2. The molecule has 0 aromatic heterocycles. The summed E-state index contributed by atoms with van der Waals surface area (Å²) in [6.45, 7) is 6.59. The maximum Gasteiger partial charge on any atom is 0.407 e. The Bertz CT molecular complexity index is 802. The Hall–Kier alpha value is -2.33. The number of carbonyl (C=O) groups excluding carboxylic acids is 1. The van der Waals surface area contributed by atoms with Crippen molar-refractivity contribution in [2.45, 2.75) is 64.5 Å². The molecule has 176 valence electrons. The van der Waals surface area contributed by atoms with E-state index in [1.807, 2.05) is 20.8 Å². The zero-order valence-electron chi connectivity index (χ0n) is 18.6. The number of aliphatic carboxylic acids is 1. The Kier molecular flexibility index (Phi) is 10.8. The normalized spacial score (nSPS) is 12.8. The molecule has 10 heteroatoms. The molecule has 0 saturated heterocycles. The van der Waals surface area contributed by atoms with Crippen LogP contribution < -0.4 is 14.8 Å². The topological polar surface area (TPSA) is 131 Å². The molecule has 1 aromatic rings. The lowest BCUT2D eigenvalue weighted by Crippen LogP contribution is -2.41. The fraction of sp³-hybridized carbons (Fsp3) is 0.619. The number of hydrogen-bond acceptors (Lipinski definition) is 6. The molecule has 9 nitrogen and oxygen atoms in total. The van der Waals surface area contributed by atoms with Crippen molar-refractivity contribution < 1.29 is 32.6 Å². The number of ether oxygens (including phenoxy) is 2. The second-order valence-electron chi connectivity index (χ2n) is 8.32. The van der Waals surface area contributed by atoms with E-state index in [1.165, 1.54) is 0 Å². The van der Waals surface area contributed by atoms with Crippen LogP contribution in [0.1, 0.15) is 52.0 Å². The number of hydrogen-bond donors (Lipinski definition) is 3. The monoisotopic (exact) mass is 458 g/mol. The number of sulfonamides is 1. The minimum Gasteiger partial charge on any atom is -0.494 e. The average Bonchev–Trinajstić information content (AvgIpc) is 2.62. The van der Waals surface area contributed by atoms with Crippen LogP contribution in [0, 0.1) is 0 Å². The van der Waals surface area contributed by atoms with Crippen LogP contribution in [0.15, 0.2) is 24.3 Å². The summed E-state index contributed by atoms with van der Waals surface area (Å²) in [6.07, 6.45) is 4.22. The Balaban J connectivity index is 2.23. The zero-order valence-corrected chi connectivity index (χ0v) is 19.5. The Morgan fingerprint density at radius 2 is 1.68 bits per heavy atom. The fourth-order valence-corrected chi connectivity index (χ4v) is 3.37. The van der Waals surface area contributed by atoms with E-state index >= 15 is 0 Å². The fourth-order valence-electron chi connectivity index (χ4n) is 2.67. The van der Waals surface area contributed by atoms with E-state index in [9.17, 15) is 18.0 Å². The number of nitrogens with one attached hydrogen (secondary N) is 2. The molecule has 1 rings (SSSR count). The molecule has 0 unspecified atom stereocenters. The van der Waals surface area contributed by atoms with E-state index in [4.69, 9.17) is 14.6 Å². The van der Waals surface area contributed by atoms with Crippen molar-refractivity contribution in [1.82, 2.24) is 10.0 Å². The SMILES string of the molecule is CC(C)(C)OC(=O)NCCCCCCOc1ccc(C[C@H](NS(C)(=O)=O)C(=O)O)cc1. The number of alkyl carbamates (subject to hydrolysis) is 1. The van der Waals surface area contributed by atoms with Gasteiger partial charge < -0.3 is 19.9 Å². The largest absolute Gasteiger partial charge is 0.494 e. The number of unbranched alkanes of at least 4 members (excludes halogenated alkanes) is 3. The Morgan fingerprint density at radius 3 is 2.23 bits per heavy atom. The number of amides is 1. The lowest BCUT2D eigenvalue weighted by molar-refractivity contribution is -0.138. The second kappa shape index (κ2) is 12.5. The summed E-state index contributed by atoms with van der Waals surface area (Å²) < 4.78 is 35.5. The Morgan fingerprint density at radius 1 is 1.06 bits per heavy atom. The van der Waals surface area contributed by atoms with E-state index in [1.54, 1.807) is 24.3 Å². The van der Waals surface area contributed by atoms with Gasteiger partial charge in [-0.2, -0.15) is 0 Å². The van der Waals surface area contributed by atoms with E-state index in [0.29, 0.717) is 24.5 Å². The molecular weight excluding hydrogens is 424 g/mol. The molecule has 0 aliphatic rings. The van der Waals surface area contributed by atoms with E-state index in [0.717, 1.165) is 31.9 Å². The second-order valence-corrected chi connectivity index (χ2v) is 10.1. The summed E-state index contributed by atoms with van der Waals surface area (Å²) in [7, 11) is -3.61. The molecule has 0 bridgehead atoms. The van der Waals surface area contributed by atoms with Gasteiger partial charge in [0.15, 0.2) is 0 Å². The van der Waals surface area contributed by atoms with Crippen LogP contribution in [0.4, 0.5) is 4.79 Å². The molecule has 0 saturated carbocycles. The molecule has 0 aliphatic heterocycles. The summed E-state index contributed by atoms with van der Waals surface area (Å²) in [4.78, 5) is 22.7. The van der Waals surface area contributed by atoms with Gasteiger partial charge in [0.05, 0.1) is 12.9 Å². The number of rotatable bonds is 13. The molecule has 1 aromatic carbocycles. The standard InChI is InChI=1S/C21H34N2O7S/c1-21(2,3)30-20(26)22-13-7-5-6-8-14-29-17-11-9-16(10-12-17)15-18(19(24)25)23-31(4,27)28/h9-12,18,23H,5-8,13-15H2,1-4H3,(H,22,26)(H,24,25)/t18-/m0/s1. The van der Waals surface area contributed by atoms with Crippen LogP contribution in [0.3, 0.4) is 0 Å². The van der Waals surface area contributed by atoms with Gasteiger partial charge in [0.1, 0.15) is 17.4 Å². The van der Waals surface area contributed by atoms with Crippen LogP contribution in [0.2, 0.25) is 0 Å². The summed E-state index contributed by atoms with van der Waals surface area (Å²) in [5.74, 6) is -0.565. The van der Waals surface area contributed by atoms with Crippen LogP contribution >= 0.6 is 0 Å². The minimum atomic E-state index is -3.61. The van der Waals surface area contributed by atoms with Gasteiger partial charge in [-0.3, -0.25) is 4.79 Å². The molecule has 0 spiro atoms. The first kappa shape index (κ1) is 26.7. The highest BCUT2D eigenvalue weighted by molar-refractivity contribution is 7.88. The smallest absolute Gasteiger partial charge is 0.407 e. The molecule has 3 N–H and O–H groups in total. The van der Waals surface area contributed by atoms with Gasteiger partial charge in [-0.15, -0.1) is 0 Å². The van der Waals surface area contributed by atoms with Crippen molar-refractivity contribution in [2.75, 3.05) is 19.4 Å². The number of carbonyl (C=O) groups is 2. The maximum atomic E-state index is 11.5. The van der Waals surface area contributed by atoms with E-state index in [-0.39, 0.29) is 6.42 Å². The van der Waals surface area contributed by atoms with Gasteiger partial charge in [-0.05, 0) is 57.7 Å². The first-order chi connectivity index (χ1) is 14.4. The van der Waals surface area contributed by atoms with Crippen LogP contribution in [0.25, 0.3) is 0 Å². The summed E-state index contributed by atoms with van der Waals surface area (Å²) in [5, 5.41) is 11.9. The molecule has 0 fully saturated rings. The summed E-state index contributed by atoms with van der Waals surface area (Å²) in [6, 6.07) is 5.69. The molecule has 0 radical (unpaired) electrons. The first-order valence-corrected chi connectivity index (χ1v) is 12.1. The van der Waals surface area contributed by atoms with Gasteiger partial charge in [0, 0.05) is 6.54 Å². The van der Waals surface area contributed by atoms with Crippen molar-refractivity contribution in [3.05, 3.63) is 29.8 Å². The van der Waals surface area contributed by atoms with Crippen LogP contribution in [-0.2, 0) is 26.0 Å². The number of carboxylic acids is 1. The van der Waals surface area contributed by atoms with Crippen molar-refractivity contribution >= 4 is 22.1 Å².